The molecule has 0 aliphatic carbocycles. The Morgan fingerprint density at radius 2 is 1.73 bits per heavy atom. The number of carbonyl (C=O) groups is 2. The van der Waals surface area contributed by atoms with Gasteiger partial charge in [-0.25, -0.2) is 0 Å². The van der Waals surface area contributed by atoms with Crippen molar-refractivity contribution in [3.8, 4) is 0 Å². The minimum atomic E-state index is -4.53. The molecule has 0 aliphatic heterocycles. The number of carbonyl (C=O) groups excluding carboxylic acids is 2. The Hall–Kier alpha value is -3.62. The number of amides is 2. The lowest BCUT2D eigenvalue weighted by Gasteiger charge is -2.13. The lowest BCUT2D eigenvalue weighted by Crippen LogP contribution is -2.33. The molecule has 0 radical (unpaired) electrons. The summed E-state index contributed by atoms with van der Waals surface area (Å²) in [4.78, 5) is 37.1. The molecule has 2 N–H and O–H groups in total. The number of nitrogens with one attached hydrogen (secondary N) is 2. The van der Waals surface area contributed by atoms with Crippen LogP contribution in [0.5, 0.6) is 0 Å². The zero-order chi connectivity index (χ0) is 22.1. The highest BCUT2D eigenvalue weighted by atomic mass is 19.4. The van der Waals surface area contributed by atoms with E-state index in [1.54, 1.807) is 43.6 Å². The summed E-state index contributed by atoms with van der Waals surface area (Å²) in [5.41, 5.74) is 1.19. The smallest absolute Gasteiger partial charge is 0.343 e. The topological polar surface area (TPSA) is 80.2 Å². The molecule has 0 atom stereocenters. The van der Waals surface area contributed by atoms with Crippen molar-refractivity contribution >= 4 is 28.4 Å². The van der Waals surface area contributed by atoms with Crippen molar-refractivity contribution < 1.29 is 22.8 Å². The molecule has 0 aliphatic rings. The number of hydrogen-bond acceptors (Lipinski definition) is 3. The van der Waals surface area contributed by atoms with Gasteiger partial charge in [0.05, 0.1) is 11.1 Å². The van der Waals surface area contributed by atoms with Crippen molar-refractivity contribution in [3.63, 3.8) is 0 Å². The van der Waals surface area contributed by atoms with Crippen LogP contribution in [-0.2, 0) is 7.05 Å². The van der Waals surface area contributed by atoms with Gasteiger partial charge in [0.15, 0.2) is 0 Å². The van der Waals surface area contributed by atoms with Crippen LogP contribution < -0.4 is 16.2 Å². The van der Waals surface area contributed by atoms with Gasteiger partial charge in [0.25, 0.3) is 17.4 Å². The summed E-state index contributed by atoms with van der Waals surface area (Å²) in [6, 6.07) is 12.3. The van der Waals surface area contributed by atoms with Crippen LogP contribution in [0.4, 0.5) is 18.9 Å². The minimum Gasteiger partial charge on any atom is -0.343 e. The second kappa shape index (κ2) is 8.02. The Morgan fingerprint density at radius 3 is 2.43 bits per heavy atom. The van der Waals surface area contributed by atoms with Gasteiger partial charge in [-0.2, -0.15) is 13.2 Å². The van der Waals surface area contributed by atoms with Gasteiger partial charge in [-0.3, -0.25) is 14.4 Å². The van der Waals surface area contributed by atoms with E-state index in [0.29, 0.717) is 16.5 Å². The van der Waals surface area contributed by atoms with E-state index in [1.165, 1.54) is 28.8 Å². The second-order valence-electron chi connectivity index (χ2n) is 6.75. The van der Waals surface area contributed by atoms with E-state index >= 15 is 0 Å². The molecule has 3 aromatic rings. The number of halogens is 3. The maximum Gasteiger partial charge on any atom is 0.405 e. The zero-order valence-electron chi connectivity index (χ0n) is 16.1. The average molecular weight is 417 g/mol. The van der Waals surface area contributed by atoms with E-state index in [2.05, 4.69) is 5.32 Å². The number of benzene rings is 2. The standard InChI is InChI=1S/C21H18F3N3O3/c1-12-7-8-13(19(29)25-11-21(22,23)24)9-16(12)26-20(30)15-10-18(28)27(2)17-6-4-3-5-14(15)17/h3-10H,11H2,1-2H3,(H,25,29)(H,26,30). The summed E-state index contributed by atoms with van der Waals surface area (Å²) in [5, 5.41) is 5.00. The first kappa shape index (κ1) is 21.1. The summed E-state index contributed by atoms with van der Waals surface area (Å²) in [7, 11) is 1.60. The van der Waals surface area contributed by atoms with Crippen LogP contribution in [0.2, 0.25) is 0 Å². The number of anilines is 1. The minimum absolute atomic E-state index is 0.0333. The number of fused-ring (bicyclic) bond motifs is 1. The van der Waals surface area contributed by atoms with E-state index in [1.807, 2.05) is 0 Å². The number of alkyl halides is 3. The van der Waals surface area contributed by atoms with Crippen molar-refractivity contribution in [2.75, 3.05) is 11.9 Å². The molecule has 0 spiro atoms. The fraction of sp³-hybridized carbons (Fsp3) is 0.190. The number of hydrogen-bond donors (Lipinski definition) is 2. The number of nitrogens with zero attached hydrogens (tertiary/aromatic N) is 1. The van der Waals surface area contributed by atoms with Gasteiger partial charge < -0.3 is 15.2 Å². The Bertz CT molecular complexity index is 1200. The van der Waals surface area contributed by atoms with E-state index in [9.17, 15) is 27.6 Å². The monoisotopic (exact) mass is 417 g/mol. The number of aryl methyl sites for hydroxylation is 2. The van der Waals surface area contributed by atoms with Gasteiger partial charge in [0, 0.05) is 29.8 Å². The Balaban J connectivity index is 1.91. The van der Waals surface area contributed by atoms with Crippen LogP contribution in [-0.4, -0.2) is 29.1 Å². The molecule has 0 unspecified atom stereocenters. The molecule has 0 saturated carbocycles. The maximum absolute atomic E-state index is 12.9. The summed E-state index contributed by atoms with van der Waals surface area (Å²) in [5.74, 6) is -1.48. The van der Waals surface area contributed by atoms with E-state index < -0.39 is 24.5 Å². The predicted molar refractivity (Wildman–Crippen MR) is 107 cm³/mol. The van der Waals surface area contributed by atoms with Gasteiger partial charge in [-0.1, -0.05) is 24.3 Å². The lowest BCUT2D eigenvalue weighted by molar-refractivity contribution is -0.123. The van der Waals surface area contributed by atoms with Crippen molar-refractivity contribution in [1.82, 2.24) is 9.88 Å². The van der Waals surface area contributed by atoms with E-state index in [0.717, 1.165) is 0 Å². The highest BCUT2D eigenvalue weighted by molar-refractivity contribution is 6.12. The van der Waals surface area contributed by atoms with Gasteiger partial charge >= 0.3 is 6.18 Å². The molecule has 1 heterocycles. The van der Waals surface area contributed by atoms with Crippen molar-refractivity contribution in [2.24, 2.45) is 7.05 Å². The van der Waals surface area contributed by atoms with Gasteiger partial charge in [-0.15, -0.1) is 0 Å². The Morgan fingerprint density at radius 1 is 1.03 bits per heavy atom. The Labute approximate surface area is 169 Å². The lowest BCUT2D eigenvalue weighted by atomic mass is 10.1. The molecule has 9 heteroatoms. The first-order valence-corrected chi connectivity index (χ1v) is 8.92. The summed E-state index contributed by atoms with van der Waals surface area (Å²) in [6.45, 7) is 0.218. The molecule has 0 bridgehead atoms. The number of pyridine rings is 1. The quantitative estimate of drug-likeness (QED) is 0.683. The molecule has 30 heavy (non-hydrogen) atoms. The molecule has 0 fully saturated rings. The van der Waals surface area contributed by atoms with Gasteiger partial charge in [0.1, 0.15) is 6.54 Å². The molecule has 0 saturated heterocycles. The first-order chi connectivity index (χ1) is 14.1. The zero-order valence-corrected chi connectivity index (χ0v) is 16.1. The fourth-order valence-electron chi connectivity index (χ4n) is 2.97. The molecular weight excluding hydrogens is 399 g/mol. The van der Waals surface area contributed by atoms with Crippen molar-refractivity contribution in [2.45, 2.75) is 13.1 Å². The second-order valence-corrected chi connectivity index (χ2v) is 6.75. The molecule has 3 rings (SSSR count). The molecule has 156 valence electrons. The summed E-state index contributed by atoms with van der Waals surface area (Å²) >= 11 is 0. The predicted octanol–water partition coefficient (Wildman–Crippen LogP) is 3.39. The molecule has 2 aromatic carbocycles. The van der Waals surface area contributed by atoms with E-state index in [-0.39, 0.29) is 22.4 Å². The number of rotatable bonds is 4. The Kier molecular flexibility index (Phi) is 5.64. The van der Waals surface area contributed by atoms with E-state index in [4.69, 9.17) is 0 Å². The third kappa shape index (κ3) is 4.51. The van der Waals surface area contributed by atoms with Crippen LogP contribution >= 0.6 is 0 Å². The van der Waals surface area contributed by atoms with Crippen LogP contribution in [0, 0.1) is 6.92 Å². The first-order valence-electron chi connectivity index (χ1n) is 8.92. The third-order valence-electron chi connectivity index (χ3n) is 4.60. The van der Waals surface area contributed by atoms with Gasteiger partial charge in [0.2, 0.25) is 0 Å². The molecule has 1 aromatic heterocycles. The molecule has 6 nitrogen and oxygen atoms in total. The third-order valence-corrected chi connectivity index (χ3v) is 4.60. The van der Waals surface area contributed by atoms with Crippen LogP contribution in [0.3, 0.4) is 0 Å². The fourth-order valence-corrected chi connectivity index (χ4v) is 2.97. The van der Waals surface area contributed by atoms with Crippen LogP contribution in [0.25, 0.3) is 10.9 Å². The summed E-state index contributed by atoms with van der Waals surface area (Å²) in [6.07, 6.45) is -4.53. The SMILES string of the molecule is Cc1ccc(C(=O)NCC(F)(F)F)cc1NC(=O)c1cc(=O)n(C)c2ccccc12. The van der Waals surface area contributed by atoms with Gasteiger partial charge in [-0.05, 0) is 30.7 Å². The normalized spacial score (nSPS) is 11.4. The van der Waals surface area contributed by atoms with Crippen LogP contribution in [0.15, 0.2) is 53.3 Å². The highest BCUT2D eigenvalue weighted by Gasteiger charge is 2.28. The highest BCUT2D eigenvalue weighted by Crippen LogP contribution is 2.21. The summed E-state index contributed by atoms with van der Waals surface area (Å²) < 4.78 is 38.4. The largest absolute Gasteiger partial charge is 0.405 e. The van der Waals surface area contributed by atoms with Crippen molar-refractivity contribution in [3.05, 3.63) is 75.6 Å². The maximum atomic E-state index is 12.9. The van der Waals surface area contributed by atoms with Crippen molar-refractivity contribution in [1.29, 1.82) is 0 Å². The number of para-hydroxylation sites is 1. The van der Waals surface area contributed by atoms with Crippen LogP contribution in [0.1, 0.15) is 26.3 Å². The molecule has 2 amide bonds. The molecular formula is C21H18F3N3O3. The average Bonchev–Trinajstić information content (AvgIpc) is 2.70. The number of aromatic nitrogens is 1.